The number of amides is 2. The standard InChI is InChI=1S/C21H27FN4O4S2/c1-10(2)13-7-12(8-23)16(22)15(11(3)4)17(13)25-20(28)26-32(30)18-14(9-27)24-19(31-18)21(5,6)29/h7,10-11,27,29H,9H2,1-6H3,(H2,25,26,28)/t32-/m0/s1. The lowest BCUT2D eigenvalue weighted by Gasteiger charge is -2.22. The van der Waals surface area contributed by atoms with Crippen molar-refractivity contribution in [1.82, 2.24) is 9.71 Å². The van der Waals surface area contributed by atoms with Crippen LogP contribution < -0.4 is 10.0 Å². The maximum absolute atomic E-state index is 14.9. The molecule has 0 saturated carbocycles. The van der Waals surface area contributed by atoms with Crippen LogP contribution in [0.3, 0.4) is 0 Å². The van der Waals surface area contributed by atoms with E-state index in [9.17, 15) is 29.2 Å². The Morgan fingerprint density at radius 3 is 2.47 bits per heavy atom. The molecular formula is C21H27FN4O4S2. The van der Waals surface area contributed by atoms with Crippen LogP contribution >= 0.6 is 11.3 Å². The third-order valence-corrected chi connectivity index (χ3v) is 7.43. The van der Waals surface area contributed by atoms with Crippen LogP contribution in [0.1, 0.15) is 80.8 Å². The Kier molecular flexibility index (Phi) is 8.25. The Hall–Kier alpha value is -2.23. The minimum Gasteiger partial charge on any atom is -0.587 e. The fraction of sp³-hybridized carbons (Fsp3) is 0.476. The van der Waals surface area contributed by atoms with Crippen molar-refractivity contribution < 1.29 is 24.0 Å². The summed E-state index contributed by atoms with van der Waals surface area (Å²) in [5.41, 5.74) is -0.343. The van der Waals surface area contributed by atoms with Gasteiger partial charge in [0.15, 0.2) is 0 Å². The molecular weight excluding hydrogens is 455 g/mol. The summed E-state index contributed by atoms with van der Waals surface area (Å²) in [4.78, 5) is 16.8. The average molecular weight is 483 g/mol. The second-order valence-corrected chi connectivity index (χ2v) is 10.7. The Morgan fingerprint density at radius 1 is 1.38 bits per heavy atom. The van der Waals surface area contributed by atoms with Crippen LogP contribution in [0.25, 0.3) is 0 Å². The van der Waals surface area contributed by atoms with Crippen LogP contribution in [0, 0.1) is 17.1 Å². The first-order chi connectivity index (χ1) is 14.8. The molecule has 2 amide bonds. The lowest BCUT2D eigenvalue weighted by atomic mass is 9.90. The number of aromatic nitrogens is 1. The van der Waals surface area contributed by atoms with Crippen molar-refractivity contribution in [1.29, 1.82) is 5.26 Å². The molecule has 174 valence electrons. The third kappa shape index (κ3) is 5.57. The van der Waals surface area contributed by atoms with Gasteiger partial charge in [-0.1, -0.05) is 39.0 Å². The predicted octanol–water partition coefficient (Wildman–Crippen LogP) is 3.96. The molecule has 1 atom stereocenters. The van der Waals surface area contributed by atoms with Gasteiger partial charge in [-0.25, -0.2) is 14.2 Å². The van der Waals surface area contributed by atoms with Crippen molar-refractivity contribution in [3.63, 3.8) is 0 Å². The van der Waals surface area contributed by atoms with E-state index in [1.54, 1.807) is 13.8 Å². The first kappa shape index (κ1) is 26.0. The summed E-state index contributed by atoms with van der Waals surface area (Å²) in [6.45, 7) is 9.67. The highest BCUT2D eigenvalue weighted by molar-refractivity contribution is 7.92. The fourth-order valence-corrected chi connectivity index (χ4v) is 5.14. The van der Waals surface area contributed by atoms with Gasteiger partial charge in [0.1, 0.15) is 39.6 Å². The summed E-state index contributed by atoms with van der Waals surface area (Å²) in [5, 5.41) is 31.8. The van der Waals surface area contributed by atoms with Gasteiger partial charge in [-0.3, -0.25) is 0 Å². The molecule has 11 heteroatoms. The van der Waals surface area contributed by atoms with E-state index in [-0.39, 0.29) is 43.6 Å². The summed E-state index contributed by atoms with van der Waals surface area (Å²) in [6, 6.07) is 2.40. The molecule has 1 heterocycles. The molecule has 32 heavy (non-hydrogen) atoms. The summed E-state index contributed by atoms with van der Waals surface area (Å²) in [6.07, 6.45) is 0. The van der Waals surface area contributed by atoms with Gasteiger partial charge >= 0.3 is 6.03 Å². The number of nitrogens with zero attached hydrogens (tertiary/aromatic N) is 2. The van der Waals surface area contributed by atoms with E-state index in [4.69, 9.17) is 0 Å². The minimum atomic E-state index is -2.08. The Bertz CT molecular complexity index is 1040. The van der Waals surface area contributed by atoms with Crippen LogP contribution in [0.2, 0.25) is 0 Å². The lowest BCUT2D eigenvalue weighted by Crippen LogP contribution is -2.35. The van der Waals surface area contributed by atoms with Crippen molar-refractivity contribution in [3.8, 4) is 6.07 Å². The highest BCUT2D eigenvalue weighted by Crippen LogP contribution is 2.36. The molecule has 8 nitrogen and oxygen atoms in total. The number of aliphatic hydroxyl groups excluding tert-OH is 1. The zero-order chi connectivity index (χ0) is 24.4. The summed E-state index contributed by atoms with van der Waals surface area (Å²) in [5.74, 6) is -1.17. The van der Waals surface area contributed by atoms with Crippen LogP contribution in [0.15, 0.2) is 10.3 Å². The number of thiazole rings is 1. The molecule has 1 aromatic heterocycles. The first-order valence-corrected chi connectivity index (χ1v) is 11.9. The molecule has 2 aromatic rings. The first-order valence-electron chi connectivity index (χ1n) is 9.90. The van der Waals surface area contributed by atoms with Gasteiger partial charge in [-0.15, -0.1) is 4.72 Å². The van der Waals surface area contributed by atoms with Gasteiger partial charge in [0.25, 0.3) is 4.21 Å². The van der Waals surface area contributed by atoms with E-state index in [1.807, 2.05) is 19.9 Å². The van der Waals surface area contributed by atoms with Crippen molar-refractivity contribution in [2.45, 2.75) is 69.8 Å². The average Bonchev–Trinajstić information content (AvgIpc) is 3.12. The van der Waals surface area contributed by atoms with Gasteiger partial charge in [0.2, 0.25) is 0 Å². The van der Waals surface area contributed by atoms with Crippen molar-refractivity contribution in [3.05, 3.63) is 39.3 Å². The van der Waals surface area contributed by atoms with Gasteiger partial charge in [0, 0.05) is 5.56 Å². The minimum absolute atomic E-state index is 0.0842. The zero-order valence-corrected chi connectivity index (χ0v) is 20.4. The van der Waals surface area contributed by atoms with Gasteiger partial charge in [-0.05, 0) is 37.3 Å². The Balaban J connectivity index is 2.39. The number of carbonyl (C=O) groups excluding carboxylic acids is 1. The highest BCUT2D eigenvalue weighted by Gasteiger charge is 2.31. The zero-order valence-electron chi connectivity index (χ0n) is 18.7. The van der Waals surface area contributed by atoms with E-state index >= 15 is 0 Å². The molecule has 1 aromatic carbocycles. The molecule has 0 saturated heterocycles. The molecule has 2 rings (SSSR count). The van der Waals surface area contributed by atoms with Gasteiger partial charge < -0.3 is 20.1 Å². The third-order valence-electron chi connectivity index (χ3n) is 4.58. The molecule has 0 unspecified atom stereocenters. The quantitative estimate of drug-likeness (QED) is 0.440. The van der Waals surface area contributed by atoms with Crippen LogP contribution in [0.4, 0.5) is 14.9 Å². The van der Waals surface area contributed by atoms with E-state index in [0.29, 0.717) is 5.56 Å². The second kappa shape index (κ2) is 10.1. The summed E-state index contributed by atoms with van der Waals surface area (Å²) < 4.78 is 30.0. The number of halogens is 1. The smallest absolute Gasteiger partial charge is 0.361 e. The maximum atomic E-state index is 14.9. The second-order valence-electron chi connectivity index (χ2n) is 8.33. The largest absolute Gasteiger partial charge is 0.587 e. The monoisotopic (exact) mass is 482 g/mol. The predicted molar refractivity (Wildman–Crippen MR) is 121 cm³/mol. The number of aliphatic hydroxyl groups is 2. The molecule has 0 fully saturated rings. The van der Waals surface area contributed by atoms with E-state index in [0.717, 1.165) is 11.3 Å². The fourth-order valence-electron chi connectivity index (χ4n) is 3.03. The van der Waals surface area contributed by atoms with E-state index in [2.05, 4.69) is 15.0 Å². The molecule has 0 spiro atoms. The lowest BCUT2D eigenvalue weighted by molar-refractivity contribution is 0.0779. The summed E-state index contributed by atoms with van der Waals surface area (Å²) in [7, 11) is 0. The van der Waals surface area contributed by atoms with Crippen molar-refractivity contribution in [2.75, 3.05) is 5.32 Å². The van der Waals surface area contributed by atoms with Crippen LogP contribution in [0.5, 0.6) is 0 Å². The van der Waals surface area contributed by atoms with Gasteiger partial charge in [0.05, 0.1) is 17.9 Å². The highest BCUT2D eigenvalue weighted by atomic mass is 32.2. The maximum Gasteiger partial charge on any atom is 0.361 e. The number of benzene rings is 1. The molecule has 0 aliphatic carbocycles. The molecule has 4 N–H and O–H groups in total. The molecule has 0 aliphatic heterocycles. The number of nitriles is 1. The number of hydrogen-bond acceptors (Lipinski definition) is 7. The molecule has 0 bridgehead atoms. The number of hydrogen-bond donors (Lipinski definition) is 4. The number of carbonyl (C=O) groups is 1. The Morgan fingerprint density at radius 2 is 2.00 bits per heavy atom. The summed E-state index contributed by atoms with van der Waals surface area (Å²) >= 11 is -1.17. The molecule has 0 aliphatic rings. The molecule has 0 radical (unpaired) electrons. The topological polar surface area (TPSA) is 141 Å². The number of urea groups is 1. The number of nitrogens with one attached hydrogen (secondary N) is 2. The Labute approximate surface area is 193 Å². The SMILES string of the molecule is CC(C)c1cc(C#N)c(F)c(C(C)C)c1NC(=O)N[S@@+]([O-])c1sc(C(C)(C)O)nc1CO. The van der Waals surface area contributed by atoms with Gasteiger partial charge in [-0.2, -0.15) is 5.26 Å². The van der Waals surface area contributed by atoms with Crippen LogP contribution in [-0.4, -0.2) is 25.8 Å². The number of rotatable bonds is 7. The van der Waals surface area contributed by atoms with Crippen molar-refractivity contribution in [2.24, 2.45) is 0 Å². The van der Waals surface area contributed by atoms with E-state index in [1.165, 1.54) is 19.9 Å². The van der Waals surface area contributed by atoms with Crippen molar-refractivity contribution >= 4 is 34.4 Å². The number of anilines is 1. The van der Waals surface area contributed by atoms with E-state index < -0.39 is 35.4 Å². The normalized spacial score (nSPS) is 12.7. The van der Waals surface area contributed by atoms with Crippen LogP contribution in [-0.2, 0) is 23.6 Å².